The van der Waals surface area contributed by atoms with Crippen LogP contribution in [0.25, 0.3) is 33.3 Å². The average Bonchev–Trinajstić information content (AvgIpc) is 3.33. The maximum Gasteiger partial charge on any atom is 0.323 e. The van der Waals surface area contributed by atoms with E-state index in [1.165, 1.54) is 0 Å². The van der Waals surface area contributed by atoms with E-state index < -0.39 is 0 Å². The third-order valence-electron chi connectivity index (χ3n) is 4.32. The normalized spacial score (nSPS) is 11.6. The molecule has 0 radical (unpaired) electrons. The SMILES string of the molecule is O=c1[nH]c2ccc(-c3noc(Cc4c[nH]c5cccc(Cl)c45)n3)cc2[nH]1. The molecule has 0 fully saturated rings. The Morgan fingerprint density at radius 1 is 1.08 bits per heavy atom. The predicted molar refractivity (Wildman–Crippen MR) is 98.3 cm³/mol. The molecule has 0 unspecified atom stereocenters. The van der Waals surface area contributed by atoms with Crippen molar-refractivity contribution in [1.29, 1.82) is 0 Å². The minimum absolute atomic E-state index is 0.248. The molecule has 8 heteroatoms. The predicted octanol–water partition coefficient (Wildman–Crippen LogP) is 3.63. The first-order valence-corrected chi connectivity index (χ1v) is 8.35. The number of hydrogen-bond donors (Lipinski definition) is 3. The van der Waals surface area contributed by atoms with Crippen LogP contribution in [0.4, 0.5) is 0 Å². The number of H-pyrrole nitrogens is 3. The molecule has 0 atom stereocenters. The van der Waals surface area contributed by atoms with Gasteiger partial charge in [-0.15, -0.1) is 0 Å². The first-order chi connectivity index (χ1) is 12.7. The van der Waals surface area contributed by atoms with E-state index >= 15 is 0 Å². The van der Waals surface area contributed by atoms with E-state index in [9.17, 15) is 4.79 Å². The molecular weight excluding hydrogens is 354 g/mol. The Bertz CT molecular complexity index is 1310. The van der Waals surface area contributed by atoms with Gasteiger partial charge in [0.15, 0.2) is 0 Å². The summed E-state index contributed by atoms with van der Waals surface area (Å²) in [5.74, 6) is 0.957. The van der Waals surface area contributed by atoms with Crippen molar-refractivity contribution in [3.63, 3.8) is 0 Å². The van der Waals surface area contributed by atoms with Gasteiger partial charge in [0.05, 0.1) is 22.5 Å². The van der Waals surface area contributed by atoms with Crippen LogP contribution in [0, 0.1) is 0 Å². The van der Waals surface area contributed by atoms with Gasteiger partial charge in [-0.1, -0.05) is 22.8 Å². The fourth-order valence-corrected chi connectivity index (χ4v) is 3.42. The smallest absolute Gasteiger partial charge is 0.323 e. The number of imidazole rings is 1. The number of aromatic nitrogens is 5. The summed E-state index contributed by atoms with van der Waals surface area (Å²) in [5.41, 5.74) is 3.90. The summed E-state index contributed by atoms with van der Waals surface area (Å²) in [6, 6.07) is 11.2. The van der Waals surface area contributed by atoms with Gasteiger partial charge in [-0.3, -0.25) is 0 Å². The Hall–Kier alpha value is -3.32. The quantitative estimate of drug-likeness (QED) is 0.454. The lowest BCUT2D eigenvalue weighted by Gasteiger charge is -1.97. The molecule has 5 aromatic rings. The van der Waals surface area contributed by atoms with Gasteiger partial charge in [-0.2, -0.15) is 4.98 Å². The van der Waals surface area contributed by atoms with Crippen LogP contribution in [-0.2, 0) is 6.42 Å². The van der Waals surface area contributed by atoms with Crippen molar-refractivity contribution in [2.45, 2.75) is 6.42 Å². The Morgan fingerprint density at radius 2 is 1.96 bits per heavy atom. The first-order valence-electron chi connectivity index (χ1n) is 7.97. The maximum absolute atomic E-state index is 11.4. The van der Waals surface area contributed by atoms with E-state index in [1.807, 2.05) is 36.5 Å². The van der Waals surface area contributed by atoms with Crippen molar-refractivity contribution in [2.24, 2.45) is 0 Å². The van der Waals surface area contributed by atoms with E-state index in [-0.39, 0.29) is 5.69 Å². The molecule has 0 aliphatic heterocycles. The number of nitrogens with one attached hydrogen (secondary N) is 3. The highest BCUT2D eigenvalue weighted by molar-refractivity contribution is 6.35. The zero-order valence-corrected chi connectivity index (χ0v) is 14.1. The second kappa shape index (κ2) is 5.60. The van der Waals surface area contributed by atoms with Crippen molar-refractivity contribution in [1.82, 2.24) is 25.1 Å². The molecule has 3 N–H and O–H groups in total. The number of rotatable bonds is 3. The third kappa shape index (κ3) is 2.41. The van der Waals surface area contributed by atoms with Gasteiger partial charge in [0.1, 0.15) is 0 Å². The van der Waals surface area contributed by atoms with Crippen molar-refractivity contribution in [2.75, 3.05) is 0 Å². The molecule has 7 nitrogen and oxygen atoms in total. The van der Waals surface area contributed by atoms with Crippen LogP contribution >= 0.6 is 11.6 Å². The molecule has 0 aliphatic carbocycles. The standard InChI is InChI=1S/C18H12ClN5O2/c19-11-2-1-3-13-16(11)10(8-20-13)7-15-23-17(24-26-15)9-4-5-12-14(6-9)22-18(25)21-12/h1-6,8,20H,7H2,(H2,21,22,25). The van der Waals surface area contributed by atoms with Gasteiger partial charge in [-0.25, -0.2) is 4.79 Å². The molecule has 0 saturated carbocycles. The van der Waals surface area contributed by atoms with Gasteiger partial charge >= 0.3 is 5.69 Å². The van der Waals surface area contributed by atoms with Crippen LogP contribution in [0.1, 0.15) is 11.5 Å². The van der Waals surface area contributed by atoms with Gasteiger partial charge < -0.3 is 19.5 Å². The highest BCUT2D eigenvalue weighted by atomic mass is 35.5. The number of benzene rings is 2. The minimum Gasteiger partial charge on any atom is -0.361 e. The van der Waals surface area contributed by atoms with Crippen molar-refractivity contribution < 1.29 is 4.52 Å². The highest BCUT2D eigenvalue weighted by Crippen LogP contribution is 2.28. The fourth-order valence-electron chi connectivity index (χ4n) is 3.13. The van der Waals surface area contributed by atoms with Crippen molar-refractivity contribution in [3.05, 3.63) is 69.6 Å². The monoisotopic (exact) mass is 365 g/mol. The van der Waals surface area contributed by atoms with E-state index in [0.29, 0.717) is 28.7 Å². The molecule has 0 saturated heterocycles. The Morgan fingerprint density at radius 3 is 2.88 bits per heavy atom. The lowest BCUT2D eigenvalue weighted by Crippen LogP contribution is -1.99. The molecule has 128 valence electrons. The molecule has 0 amide bonds. The summed E-state index contributed by atoms with van der Waals surface area (Å²) in [4.78, 5) is 24.5. The van der Waals surface area contributed by atoms with Crippen LogP contribution in [0.2, 0.25) is 5.02 Å². The second-order valence-corrected chi connectivity index (χ2v) is 6.41. The van der Waals surface area contributed by atoms with Crippen LogP contribution in [0.5, 0.6) is 0 Å². The zero-order valence-electron chi connectivity index (χ0n) is 13.3. The van der Waals surface area contributed by atoms with Gasteiger partial charge in [0, 0.05) is 22.7 Å². The molecule has 3 heterocycles. The van der Waals surface area contributed by atoms with Crippen molar-refractivity contribution in [3.8, 4) is 11.4 Å². The van der Waals surface area contributed by atoms with E-state index in [1.54, 1.807) is 6.07 Å². The number of nitrogens with zero attached hydrogens (tertiary/aromatic N) is 2. The maximum atomic E-state index is 11.4. The number of fused-ring (bicyclic) bond motifs is 2. The lowest BCUT2D eigenvalue weighted by molar-refractivity contribution is 0.386. The second-order valence-electron chi connectivity index (χ2n) is 6.00. The molecule has 2 aromatic carbocycles. The molecule has 0 aliphatic rings. The molecule has 5 rings (SSSR count). The van der Waals surface area contributed by atoms with Crippen LogP contribution in [0.15, 0.2) is 51.9 Å². The summed E-state index contributed by atoms with van der Waals surface area (Å²) in [6.07, 6.45) is 2.37. The Balaban J connectivity index is 1.50. The average molecular weight is 366 g/mol. The highest BCUT2D eigenvalue weighted by Gasteiger charge is 2.14. The summed E-state index contributed by atoms with van der Waals surface area (Å²) >= 11 is 6.31. The fraction of sp³-hybridized carbons (Fsp3) is 0.0556. The number of halogens is 1. The summed E-state index contributed by atoms with van der Waals surface area (Å²) in [5, 5.41) is 5.69. The van der Waals surface area contributed by atoms with Crippen LogP contribution in [-0.4, -0.2) is 25.1 Å². The third-order valence-corrected chi connectivity index (χ3v) is 4.64. The zero-order chi connectivity index (χ0) is 17.7. The number of aromatic amines is 3. The van der Waals surface area contributed by atoms with Gasteiger partial charge in [0.2, 0.25) is 11.7 Å². The molecule has 26 heavy (non-hydrogen) atoms. The summed E-state index contributed by atoms with van der Waals surface area (Å²) < 4.78 is 5.40. The summed E-state index contributed by atoms with van der Waals surface area (Å²) in [7, 11) is 0. The van der Waals surface area contributed by atoms with Crippen LogP contribution < -0.4 is 5.69 Å². The lowest BCUT2D eigenvalue weighted by atomic mass is 10.1. The molecular formula is C18H12ClN5O2. The molecule has 3 aromatic heterocycles. The van der Waals surface area contributed by atoms with Gasteiger partial charge in [0.25, 0.3) is 0 Å². The van der Waals surface area contributed by atoms with E-state index in [0.717, 1.165) is 27.5 Å². The van der Waals surface area contributed by atoms with E-state index in [2.05, 4.69) is 25.1 Å². The van der Waals surface area contributed by atoms with Crippen molar-refractivity contribution >= 4 is 33.5 Å². The summed E-state index contributed by atoms with van der Waals surface area (Å²) in [6.45, 7) is 0. The van der Waals surface area contributed by atoms with E-state index in [4.69, 9.17) is 16.1 Å². The molecule has 0 bridgehead atoms. The topological polar surface area (TPSA) is 103 Å². The largest absolute Gasteiger partial charge is 0.361 e. The Kier molecular flexibility index (Phi) is 3.23. The number of hydrogen-bond acceptors (Lipinski definition) is 4. The Labute approximate surface area is 151 Å². The first kappa shape index (κ1) is 15.0. The minimum atomic E-state index is -0.248. The van der Waals surface area contributed by atoms with Gasteiger partial charge in [-0.05, 0) is 35.9 Å². The molecule has 0 spiro atoms. The van der Waals surface area contributed by atoms with Crippen LogP contribution in [0.3, 0.4) is 0 Å².